The highest BCUT2D eigenvalue weighted by molar-refractivity contribution is 6.37. The molecule has 0 amide bonds. The zero-order valence-electron chi connectivity index (χ0n) is 5.18. The van der Waals surface area contributed by atoms with Crippen molar-refractivity contribution in [3.8, 4) is 0 Å². The Kier molecular flexibility index (Phi) is 3.83. The summed E-state index contributed by atoms with van der Waals surface area (Å²) in [7, 11) is 0. The summed E-state index contributed by atoms with van der Waals surface area (Å²) in [4.78, 5) is 20.8. The smallest absolute Gasteiger partial charge is 0.214 e. The van der Waals surface area contributed by atoms with E-state index in [4.69, 9.17) is 5.21 Å². The Morgan fingerprint density at radius 1 is 1.44 bits per heavy atom. The van der Waals surface area contributed by atoms with Gasteiger partial charge in [0, 0.05) is 6.42 Å². The van der Waals surface area contributed by atoms with Crippen LogP contribution >= 0.6 is 0 Å². The summed E-state index contributed by atoms with van der Waals surface area (Å²) >= 11 is 0. The average Bonchev–Trinajstić information content (AvgIpc) is 1.87. The van der Waals surface area contributed by atoms with Gasteiger partial charge in [0.25, 0.3) is 0 Å². The molecule has 0 rings (SSSR count). The molecular formula is C5H9NO3. The van der Waals surface area contributed by atoms with Gasteiger partial charge in [-0.2, -0.15) is 5.48 Å². The summed E-state index contributed by atoms with van der Waals surface area (Å²) in [6.07, 6.45) is 0.195. The monoisotopic (exact) mass is 131 g/mol. The fourth-order valence-corrected chi connectivity index (χ4v) is 0.368. The first-order chi connectivity index (χ1) is 4.22. The molecule has 0 aromatic heterocycles. The summed E-state index contributed by atoms with van der Waals surface area (Å²) in [5.41, 5.74) is 1.61. The maximum Gasteiger partial charge on any atom is 0.214 e. The van der Waals surface area contributed by atoms with Crippen LogP contribution in [0.2, 0.25) is 0 Å². The third-order valence-electron chi connectivity index (χ3n) is 0.872. The first-order valence-electron chi connectivity index (χ1n) is 2.65. The molecule has 0 aliphatic heterocycles. The maximum absolute atomic E-state index is 10.4. The topological polar surface area (TPSA) is 66.4 Å². The van der Waals surface area contributed by atoms with Crippen molar-refractivity contribution < 1.29 is 14.8 Å². The molecule has 2 N–H and O–H groups in total. The lowest BCUT2D eigenvalue weighted by Crippen LogP contribution is -2.25. The minimum atomic E-state index is -0.583. The van der Waals surface area contributed by atoms with Crippen LogP contribution in [0.25, 0.3) is 0 Å². The summed E-state index contributed by atoms with van der Waals surface area (Å²) in [6, 6.07) is 0. The average molecular weight is 131 g/mol. The van der Waals surface area contributed by atoms with Crippen molar-refractivity contribution >= 4 is 11.6 Å². The second kappa shape index (κ2) is 4.17. The molecule has 0 spiro atoms. The molecule has 4 heteroatoms. The van der Waals surface area contributed by atoms with E-state index in [-0.39, 0.29) is 13.0 Å². The fourth-order valence-electron chi connectivity index (χ4n) is 0.368. The molecule has 0 saturated heterocycles. The van der Waals surface area contributed by atoms with Gasteiger partial charge in [-0.25, -0.2) is 0 Å². The van der Waals surface area contributed by atoms with Crippen LogP contribution in [0.1, 0.15) is 13.3 Å². The molecular weight excluding hydrogens is 122 g/mol. The number of nitrogens with one attached hydrogen (secondary N) is 1. The van der Waals surface area contributed by atoms with Gasteiger partial charge in [0.1, 0.15) is 0 Å². The van der Waals surface area contributed by atoms with Crippen LogP contribution in [-0.2, 0) is 9.59 Å². The normalized spacial score (nSPS) is 9.11. The van der Waals surface area contributed by atoms with E-state index >= 15 is 0 Å². The summed E-state index contributed by atoms with van der Waals surface area (Å²) in [5, 5.41) is 7.96. The van der Waals surface area contributed by atoms with E-state index in [1.807, 2.05) is 0 Å². The van der Waals surface area contributed by atoms with Crippen molar-refractivity contribution in [1.82, 2.24) is 5.48 Å². The first kappa shape index (κ1) is 8.26. The summed E-state index contributed by atoms with van der Waals surface area (Å²) < 4.78 is 0. The van der Waals surface area contributed by atoms with E-state index in [1.54, 1.807) is 12.4 Å². The van der Waals surface area contributed by atoms with Gasteiger partial charge in [-0.15, -0.1) is 0 Å². The number of hydrogen-bond donors (Lipinski definition) is 2. The molecule has 0 aliphatic carbocycles. The Labute approximate surface area is 52.8 Å². The predicted molar refractivity (Wildman–Crippen MR) is 30.1 cm³/mol. The van der Waals surface area contributed by atoms with Crippen LogP contribution in [0.5, 0.6) is 0 Å². The Bertz CT molecular complexity index is 121. The van der Waals surface area contributed by atoms with E-state index < -0.39 is 11.6 Å². The van der Waals surface area contributed by atoms with E-state index in [0.717, 1.165) is 0 Å². The maximum atomic E-state index is 10.4. The SMILES string of the molecule is CCC(=O)C(=O)CNO. The molecule has 0 aromatic rings. The van der Waals surface area contributed by atoms with Gasteiger partial charge in [0.15, 0.2) is 5.78 Å². The van der Waals surface area contributed by atoms with Gasteiger partial charge in [-0.3, -0.25) is 9.59 Å². The lowest BCUT2D eigenvalue weighted by molar-refractivity contribution is -0.136. The molecule has 0 aliphatic rings. The van der Waals surface area contributed by atoms with E-state index in [9.17, 15) is 9.59 Å². The van der Waals surface area contributed by atoms with Gasteiger partial charge in [-0.1, -0.05) is 6.92 Å². The minimum absolute atomic E-state index is 0.195. The van der Waals surface area contributed by atoms with Crippen LogP contribution in [0.3, 0.4) is 0 Å². The molecule has 52 valence electrons. The van der Waals surface area contributed by atoms with Crippen molar-refractivity contribution in [3.05, 3.63) is 0 Å². The molecule has 9 heavy (non-hydrogen) atoms. The molecule has 0 atom stereocenters. The number of hydrogen-bond acceptors (Lipinski definition) is 4. The fraction of sp³-hybridized carbons (Fsp3) is 0.600. The number of carbonyl (C=O) groups excluding carboxylic acids is 2. The molecule has 0 bridgehead atoms. The highest BCUT2D eigenvalue weighted by atomic mass is 16.5. The highest BCUT2D eigenvalue weighted by Crippen LogP contribution is 1.80. The Hall–Kier alpha value is -0.740. The predicted octanol–water partition coefficient (Wildman–Crippen LogP) is -0.487. The van der Waals surface area contributed by atoms with Crippen LogP contribution in [0, 0.1) is 0 Å². The quantitative estimate of drug-likeness (QED) is 0.399. The zero-order valence-corrected chi connectivity index (χ0v) is 5.18. The second-order valence-corrected chi connectivity index (χ2v) is 1.53. The number of rotatable bonds is 4. The first-order valence-corrected chi connectivity index (χ1v) is 2.65. The second-order valence-electron chi connectivity index (χ2n) is 1.53. The van der Waals surface area contributed by atoms with Gasteiger partial charge >= 0.3 is 0 Å². The van der Waals surface area contributed by atoms with Crippen molar-refractivity contribution in [1.29, 1.82) is 0 Å². The number of ketones is 2. The molecule has 0 aromatic carbocycles. The lowest BCUT2D eigenvalue weighted by Gasteiger charge is -1.92. The summed E-state index contributed by atoms with van der Waals surface area (Å²) in [5.74, 6) is -1.04. The lowest BCUT2D eigenvalue weighted by atomic mass is 10.2. The highest BCUT2D eigenvalue weighted by Gasteiger charge is 2.08. The Balaban J connectivity index is 3.60. The minimum Gasteiger partial charge on any atom is -0.316 e. The Morgan fingerprint density at radius 3 is 2.33 bits per heavy atom. The van der Waals surface area contributed by atoms with Crippen LogP contribution < -0.4 is 5.48 Å². The molecule has 0 fully saturated rings. The number of hydroxylamine groups is 1. The van der Waals surface area contributed by atoms with Crippen molar-refractivity contribution in [2.24, 2.45) is 0 Å². The molecule has 4 nitrogen and oxygen atoms in total. The van der Waals surface area contributed by atoms with Crippen LogP contribution in [0.15, 0.2) is 0 Å². The number of Topliss-reactive ketones (excluding diaryl/α,β-unsaturated/α-hetero) is 2. The van der Waals surface area contributed by atoms with E-state index in [1.165, 1.54) is 0 Å². The zero-order chi connectivity index (χ0) is 7.28. The number of carbonyl (C=O) groups is 2. The molecule has 0 radical (unpaired) electrons. The van der Waals surface area contributed by atoms with Crippen LogP contribution in [-0.4, -0.2) is 23.3 Å². The van der Waals surface area contributed by atoms with Gasteiger partial charge in [0.05, 0.1) is 6.54 Å². The standard InChI is InChI=1S/C5H9NO3/c1-2-4(7)5(8)3-6-9/h6,9H,2-3H2,1H3. The largest absolute Gasteiger partial charge is 0.316 e. The van der Waals surface area contributed by atoms with Crippen LogP contribution in [0.4, 0.5) is 0 Å². The van der Waals surface area contributed by atoms with E-state index in [2.05, 4.69) is 0 Å². The van der Waals surface area contributed by atoms with Crippen molar-refractivity contribution in [2.45, 2.75) is 13.3 Å². The van der Waals surface area contributed by atoms with E-state index in [0.29, 0.717) is 0 Å². The van der Waals surface area contributed by atoms with Gasteiger partial charge in [0.2, 0.25) is 5.78 Å². The third kappa shape index (κ3) is 2.94. The molecule has 0 heterocycles. The molecule has 0 saturated carbocycles. The van der Waals surface area contributed by atoms with Crippen molar-refractivity contribution in [3.63, 3.8) is 0 Å². The molecule has 0 unspecified atom stereocenters. The summed E-state index contributed by atoms with van der Waals surface area (Å²) in [6.45, 7) is 1.31. The third-order valence-corrected chi connectivity index (χ3v) is 0.872. The van der Waals surface area contributed by atoms with Gasteiger partial charge in [-0.05, 0) is 0 Å². The van der Waals surface area contributed by atoms with Gasteiger partial charge < -0.3 is 5.21 Å². The Morgan fingerprint density at radius 2 is 2.00 bits per heavy atom. The van der Waals surface area contributed by atoms with Crippen molar-refractivity contribution in [2.75, 3.05) is 6.54 Å².